The summed E-state index contributed by atoms with van der Waals surface area (Å²) in [6.45, 7) is 1.95. The van der Waals surface area contributed by atoms with E-state index in [0.29, 0.717) is 13.2 Å². The first-order valence-electron chi connectivity index (χ1n) is 8.04. The van der Waals surface area contributed by atoms with E-state index in [1.54, 1.807) is 0 Å². The first-order chi connectivity index (χ1) is 11.3. The van der Waals surface area contributed by atoms with Crippen molar-refractivity contribution in [3.8, 4) is 0 Å². The smallest absolute Gasteiger partial charge is 0.250 e. The van der Waals surface area contributed by atoms with Crippen LogP contribution in [0.4, 0.5) is 0 Å². The summed E-state index contributed by atoms with van der Waals surface area (Å²) in [6.07, 6.45) is 0.349. The van der Waals surface area contributed by atoms with Crippen molar-refractivity contribution in [2.75, 3.05) is 19.7 Å². The van der Waals surface area contributed by atoms with E-state index in [1.165, 1.54) is 5.56 Å². The van der Waals surface area contributed by atoms with Crippen molar-refractivity contribution < 1.29 is 9.53 Å². The fraction of sp³-hybridized carbons (Fsp3) is 0.316. The molecule has 2 unspecified atom stereocenters. The fourth-order valence-electron chi connectivity index (χ4n) is 2.79. The predicted molar refractivity (Wildman–Crippen MR) is 97.3 cm³/mol. The lowest BCUT2D eigenvalue weighted by Crippen LogP contribution is -2.48. The number of hydrogen-bond donors (Lipinski definition) is 2. The molecule has 1 heterocycles. The van der Waals surface area contributed by atoms with Crippen molar-refractivity contribution in [2.45, 2.75) is 18.6 Å². The minimum Gasteiger partial charge on any atom is -0.366 e. The first kappa shape index (κ1) is 18.5. The monoisotopic (exact) mass is 346 g/mol. The van der Waals surface area contributed by atoms with Crippen LogP contribution < -0.4 is 10.6 Å². The van der Waals surface area contributed by atoms with Gasteiger partial charge in [0, 0.05) is 13.1 Å². The summed E-state index contributed by atoms with van der Waals surface area (Å²) >= 11 is 0. The van der Waals surface area contributed by atoms with Gasteiger partial charge in [-0.3, -0.25) is 4.79 Å². The third-order valence-corrected chi connectivity index (χ3v) is 4.02. The van der Waals surface area contributed by atoms with Gasteiger partial charge in [-0.25, -0.2) is 0 Å². The van der Waals surface area contributed by atoms with Crippen molar-refractivity contribution >= 4 is 18.3 Å². The molecular formula is C19H23ClN2O2. The van der Waals surface area contributed by atoms with Gasteiger partial charge in [-0.2, -0.15) is 0 Å². The molecule has 0 aromatic heterocycles. The van der Waals surface area contributed by atoms with E-state index >= 15 is 0 Å². The second kappa shape index (κ2) is 9.42. The third-order valence-electron chi connectivity index (χ3n) is 4.02. The minimum absolute atomic E-state index is 0. The highest BCUT2D eigenvalue weighted by Crippen LogP contribution is 2.19. The van der Waals surface area contributed by atoms with Crippen LogP contribution in [0.15, 0.2) is 60.7 Å². The van der Waals surface area contributed by atoms with Crippen molar-refractivity contribution in [3.05, 3.63) is 71.8 Å². The molecule has 1 aliphatic heterocycles. The summed E-state index contributed by atoms with van der Waals surface area (Å²) in [5.41, 5.74) is 2.30. The van der Waals surface area contributed by atoms with Crippen molar-refractivity contribution in [1.29, 1.82) is 0 Å². The Morgan fingerprint density at radius 2 is 1.79 bits per heavy atom. The summed E-state index contributed by atoms with van der Waals surface area (Å²) in [6, 6.07) is 20.2. The van der Waals surface area contributed by atoms with E-state index in [1.807, 2.05) is 48.5 Å². The number of amides is 1. The lowest BCUT2D eigenvalue weighted by Gasteiger charge is -2.26. The van der Waals surface area contributed by atoms with Gasteiger partial charge in [-0.15, -0.1) is 12.4 Å². The molecule has 0 aliphatic carbocycles. The summed E-state index contributed by atoms with van der Waals surface area (Å²) in [5.74, 6) is -0.0537. The number of carbonyl (C=O) groups excluding carboxylic acids is 1. The van der Waals surface area contributed by atoms with Gasteiger partial charge in [-0.05, 0) is 17.5 Å². The van der Waals surface area contributed by atoms with Gasteiger partial charge in [-0.1, -0.05) is 60.7 Å². The van der Waals surface area contributed by atoms with Gasteiger partial charge < -0.3 is 15.4 Å². The predicted octanol–water partition coefficient (Wildman–Crippen LogP) is 2.50. The highest BCUT2D eigenvalue weighted by Gasteiger charge is 2.24. The van der Waals surface area contributed by atoms with E-state index in [-0.39, 0.29) is 24.4 Å². The van der Waals surface area contributed by atoms with Crippen LogP contribution in [-0.4, -0.2) is 31.7 Å². The van der Waals surface area contributed by atoms with Crippen LogP contribution in [-0.2, 0) is 16.0 Å². The Kier molecular flexibility index (Phi) is 7.25. The number of rotatable bonds is 5. The number of halogens is 1. The maximum absolute atomic E-state index is 12.5. The number of carbonyl (C=O) groups is 1. The van der Waals surface area contributed by atoms with Crippen LogP contribution in [0, 0.1) is 0 Å². The molecule has 5 heteroatoms. The second-order valence-corrected chi connectivity index (χ2v) is 5.73. The highest BCUT2D eigenvalue weighted by molar-refractivity contribution is 5.85. The molecule has 1 aliphatic rings. The molecule has 2 N–H and O–H groups in total. The second-order valence-electron chi connectivity index (χ2n) is 5.73. The molecule has 2 aromatic carbocycles. The summed E-state index contributed by atoms with van der Waals surface area (Å²) in [5, 5.41) is 6.34. The molecule has 1 saturated heterocycles. The van der Waals surface area contributed by atoms with E-state index in [9.17, 15) is 4.79 Å². The third kappa shape index (κ3) is 5.06. The Morgan fingerprint density at radius 3 is 2.42 bits per heavy atom. The van der Waals surface area contributed by atoms with Gasteiger partial charge in [0.25, 0.3) is 5.91 Å². The SMILES string of the molecule is Cl.O=C(NC(Cc1ccccc1)c1ccccc1)C1CNCCO1. The van der Waals surface area contributed by atoms with Crippen LogP contribution in [0.5, 0.6) is 0 Å². The van der Waals surface area contributed by atoms with Crippen LogP contribution in [0.25, 0.3) is 0 Å². The highest BCUT2D eigenvalue weighted by atomic mass is 35.5. The molecular weight excluding hydrogens is 324 g/mol. The zero-order valence-corrected chi connectivity index (χ0v) is 14.3. The van der Waals surface area contributed by atoms with Gasteiger partial charge in [0.05, 0.1) is 12.6 Å². The average Bonchev–Trinajstić information content (AvgIpc) is 2.63. The molecule has 0 bridgehead atoms. The fourth-order valence-corrected chi connectivity index (χ4v) is 2.79. The molecule has 2 aromatic rings. The normalized spacial score (nSPS) is 18.2. The maximum atomic E-state index is 12.5. The van der Waals surface area contributed by atoms with Crippen LogP contribution in [0.3, 0.4) is 0 Å². The number of nitrogens with one attached hydrogen (secondary N) is 2. The molecule has 0 spiro atoms. The van der Waals surface area contributed by atoms with Crippen molar-refractivity contribution in [2.24, 2.45) is 0 Å². The number of benzene rings is 2. The zero-order valence-electron chi connectivity index (χ0n) is 13.5. The Balaban J connectivity index is 0.00000208. The van der Waals surface area contributed by atoms with E-state index < -0.39 is 6.10 Å². The van der Waals surface area contributed by atoms with Gasteiger partial charge in [0.15, 0.2) is 0 Å². The van der Waals surface area contributed by atoms with E-state index in [2.05, 4.69) is 22.8 Å². The Morgan fingerprint density at radius 1 is 1.12 bits per heavy atom. The molecule has 1 amide bonds. The summed E-state index contributed by atoms with van der Waals surface area (Å²) < 4.78 is 5.55. The standard InChI is InChI=1S/C19H22N2O2.ClH/c22-19(18-14-20-11-12-23-18)21-17(16-9-5-2-6-10-16)13-15-7-3-1-4-8-15;/h1-10,17-18,20H,11-14H2,(H,21,22);1H. The van der Waals surface area contributed by atoms with Crippen LogP contribution in [0.1, 0.15) is 17.2 Å². The lowest BCUT2D eigenvalue weighted by atomic mass is 9.98. The van der Waals surface area contributed by atoms with E-state index in [0.717, 1.165) is 18.5 Å². The maximum Gasteiger partial charge on any atom is 0.250 e. The Hall–Kier alpha value is -1.88. The molecule has 1 fully saturated rings. The molecule has 2 atom stereocenters. The number of morpholine rings is 1. The topological polar surface area (TPSA) is 50.4 Å². The van der Waals surface area contributed by atoms with Gasteiger partial charge in [0.2, 0.25) is 0 Å². The summed E-state index contributed by atoms with van der Waals surface area (Å²) in [7, 11) is 0. The van der Waals surface area contributed by atoms with E-state index in [4.69, 9.17) is 4.74 Å². The number of ether oxygens (including phenoxy) is 1. The molecule has 3 rings (SSSR count). The summed E-state index contributed by atoms with van der Waals surface area (Å²) in [4.78, 5) is 12.5. The van der Waals surface area contributed by atoms with Crippen LogP contribution >= 0.6 is 12.4 Å². The zero-order chi connectivity index (χ0) is 15.9. The van der Waals surface area contributed by atoms with Crippen molar-refractivity contribution in [3.63, 3.8) is 0 Å². The molecule has 24 heavy (non-hydrogen) atoms. The molecule has 0 radical (unpaired) electrons. The number of hydrogen-bond acceptors (Lipinski definition) is 3. The average molecular weight is 347 g/mol. The van der Waals surface area contributed by atoms with Gasteiger partial charge in [0.1, 0.15) is 6.10 Å². The largest absolute Gasteiger partial charge is 0.366 e. The molecule has 0 saturated carbocycles. The van der Waals surface area contributed by atoms with Gasteiger partial charge >= 0.3 is 0 Å². The lowest BCUT2D eigenvalue weighted by molar-refractivity contribution is -0.135. The quantitative estimate of drug-likeness (QED) is 0.874. The minimum atomic E-state index is -0.411. The molecule has 128 valence electrons. The Bertz CT molecular complexity index is 616. The first-order valence-corrected chi connectivity index (χ1v) is 8.04. The molecule has 4 nitrogen and oxygen atoms in total. The van der Waals surface area contributed by atoms with Crippen LogP contribution in [0.2, 0.25) is 0 Å². The van der Waals surface area contributed by atoms with Crippen molar-refractivity contribution in [1.82, 2.24) is 10.6 Å². The Labute approximate surface area is 149 Å².